The van der Waals surface area contributed by atoms with Crippen LogP contribution in [0.5, 0.6) is 5.75 Å². The van der Waals surface area contributed by atoms with Gasteiger partial charge in [0.05, 0.1) is 0 Å². The van der Waals surface area contributed by atoms with Crippen LogP contribution in [-0.4, -0.2) is 6.61 Å². The Morgan fingerprint density at radius 3 is 2.67 bits per heavy atom. The molecule has 61 valence electrons. The molecule has 0 amide bonds. The van der Waals surface area contributed by atoms with E-state index in [1.807, 2.05) is 30.3 Å². The van der Waals surface area contributed by atoms with Crippen LogP contribution in [0.4, 0.5) is 0 Å². The molecule has 0 spiro atoms. The molecule has 0 aromatic heterocycles. The zero-order chi connectivity index (χ0) is 6.81. The van der Waals surface area contributed by atoms with E-state index < -0.39 is 0 Å². The van der Waals surface area contributed by atoms with Crippen molar-refractivity contribution < 1.29 is 43.5 Å². The van der Waals surface area contributed by atoms with E-state index in [1.165, 1.54) is 5.56 Å². The summed E-state index contributed by atoms with van der Waals surface area (Å²) < 4.78 is 5.34. The molecule has 1 aliphatic heterocycles. The Morgan fingerprint density at radius 2 is 1.92 bits per heavy atom. The van der Waals surface area contributed by atoms with Gasteiger partial charge in [0.1, 0.15) is 12.4 Å². The Balaban J connectivity index is 0.000000605. The van der Waals surface area contributed by atoms with Crippen molar-refractivity contribution in [3.63, 3.8) is 0 Å². The molecule has 0 bridgehead atoms. The molecule has 0 saturated heterocycles. The van der Waals surface area contributed by atoms with Gasteiger partial charge in [0.2, 0.25) is 0 Å². The molecule has 1 aromatic carbocycles. The van der Waals surface area contributed by atoms with Crippen molar-refractivity contribution in [2.75, 3.05) is 6.61 Å². The van der Waals surface area contributed by atoms with Crippen LogP contribution >= 0.6 is 0 Å². The van der Waals surface area contributed by atoms with Crippen LogP contribution in [0.3, 0.4) is 0 Å². The number of ether oxygens (including phenoxy) is 1. The minimum absolute atomic E-state index is 0. The molecule has 1 radical (unpaired) electrons. The largest absolute Gasteiger partial charge is 0.489 e. The zero-order valence-corrected chi connectivity index (χ0v) is 9.20. The second kappa shape index (κ2) is 5.61. The minimum Gasteiger partial charge on any atom is -0.489 e. The van der Waals surface area contributed by atoms with Crippen molar-refractivity contribution in [2.24, 2.45) is 0 Å². The van der Waals surface area contributed by atoms with E-state index >= 15 is 0 Å². The number of rotatable bonds is 0. The Labute approximate surface area is 97.5 Å². The van der Waals surface area contributed by atoms with Crippen LogP contribution in [-0.2, 0) is 38.8 Å². The third kappa shape index (κ3) is 2.50. The van der Waals surface area contributed by atoms with Crippen LogP contribution in [0.2, 0.25) is 0 Å². The normalized spacial score (nSPS) is 11.7. The van der Waals surface area contributed by atoms with Gasteiger partial charge in [0.15, 0.2) is 0 Å². The first-order chi connectivity index (χ1) is 4.97. The molecular weight excluding hydrogens is 227 g/mol. The SMILES string of the molecule is C1=Cc2ccccc2OC1.[Mn].[Ti]. The standard InChI is InChI=1S/C9H8O.Mn.Ti/c1-2-6-9-8(4-1)5-3-7-10-9;;/h1-6H,7H2;;. The van der Waals surface area contributed by atoms with Crippen LogP contribution in [0, 0.1) is 0 Å². The van der Waals surface area contributed by atoms with Crippen LogP contribution in [0.15, 0.2) is 30.3 Å². The van der Waals surface area contributed by atoms with Gasteiger partial charge in [-0.3, -0.25) is 0 Å². The van der Waals surface area contributed by atoms with Crippen molar-refractivity contribution in [1.29, 1.82) is 0 Å². The number of hydrogen-bond donors (Lipinski definition) is 0. The van der Waals surface area contributed by atoms with Crippen LogP contribution < -0.4 is 4.74 Å². The maximum absolute atomic E-state index is 5.34. The van der Waals surface area contributed by atoms with Crippen LogP contribution in [0.1, 0.15) is 5.56 Å². The molecule has 0 atom stereocenters. The molecule has 2 rings (SSSR count). The number of fused-ring (bicyclic) bond motifs is 1. The molecular formula is C9H8MnOTi. The Bertz CT molecular complexity index is 273. The topological polar surface area (TPSA) is 9.23 Å². The van der Waals surface area contributed by atoms with Gasteiger partial charge in [-0.1, -0.05) is 24.3 Å². The van der Waals surface area contributed by atoms with Gasteiger partial charge in [-0.15, -0.1) is 0 Å². The summed E-state index contributed by atoms with van der Waals surface area (Å²) in [5.74, 6) is 0.991. The summed E-state index contributed by atoms with van der Waals surface area (Å²) in [6.45, 7) is 0.705. The van der Waals surface area contributed by atoms with E-state index in [0.717, 1.165) is 5.75 Å². The first kappa shape index (κ1) is 12.0. The summed E-state index contributed by atoms with van der Waals surface area (Å²) in [6.07, 6.45) is 4.10. The molecule has 1 aromatic rings. The fraction of sp³-hybridized carbons (Fsp3) is 0.111. The second-order valence-corrected chi connectivity index (χ2v) is 2.25. The van der Waals surface area contributed by atoms with Gasteiger partial charge >= 0.3 is 0 Å². The Hall–Kier alpha value is -0.00623. The maximum Gasteiger partial charge on any atom is 0.126 e. The van der Waals surface area contributed by atoms with E-state index in [9.17, 15) is 0 Å². The van der Waals surface area contributed by atoms with Crippen molar-refractivity contribution >= 4 is 6.08 Å². The summed E-state index contributed by atoms with van der Waals surface area (Å²) in [6, 6.07) is 8.03. The number of hydrogen-bond acceptors (Lipinski definition) is 1. The molecule has 0 saturated carbocycles. The average Bonchev–Trinajstić information content (AvgIpc) is 2.05. The summed E-state index contributed by atoms with van der Waals surface area (Å²) in [4.78, 5) is 0. The van der Waals surface area contributed by atoms with Crippen molar-refractivity contribution in [3.8, 4) is 5.75 Å². The molecule has 0 unspecified atom stereocenters. The van der Waals surface area contributed by atoms with Crippen LogP contribution in [0.25, 0.3) is 6.08 Å². The molecule has 1 aliphatic rings. The van der Waals surface area contributed by atoms with E-state index in [1.54, 1.807) is 0 Å². The maximum atomic E-state index is 5.34. The number of para-hydroxylation sites is 1. The number of benzene rings is 1. The fourth-order valence-corrected chi connectivity index (χ4v) is 1.06. The van der Waals surface area contributed by atoms with Gasteiger partial charge in [-0.2, -0.15) is 0 Å². The third-order valence-corrected chi connectivity index (χ3v) is 1.55. The summed E-state index contributed by atoms with van der Waals surface area (Å²) in [5.41, 5.74) is 1.17. The zero-order valence-electron chi connectivity index (χ0n) is 6.46. The Kier molecular flexibility index (Phi) is 5.60. The smallest absolute Gasteiger partial charge is 0.126 e. The fourth-order valence-electron chi connectivity index (χ4n) is 1.06. The summed E-state index contributed by atoms with van der Waals surface area (Å²) >= 11 is 0. The monoisotopic (exact) mass is 235 g/mol. The third-order valence-electron chi connectivity index (χ3n) is 1.55. The summed E-state index contributed by atoms with van der Waals surface area (Å²) in [5, 5.41) is 0. The van der Waals surface area contributed by atoms with Gasteiger partial charge in [0.25, 0.3) is 0 Å². The molecule has 0 fully saturated rings. The minimum atomic E-state index is 0. The van der Waals surface area contributed by atoms with Gasteiger partial charge in [-0.25, -0.2) is 0 Å². The average molecular weight is 235 g/mol. The van der Waals surface area contributed by atoms with Crippen molar-refractivity contribution in [2.45, 2.75) is 0 Å². The first-order valence-corrected chi connectivity index (χ1v) is 3.35. The molecule has 1 nitrogen and oxygen atoms in total. The Morgan fingerprint density at radius 1 is 1.17 bits per heavy atom. The predicted octanol–water partition coefficient (Wildman–Crippen LogP) is 2.09. The molecule has 3 heteroatoms. The van der Waals surface area contributed by atoms with Gasteiger partial charge < -0.3 is 4.74 Å². The predicted molar refractivity (Wildman–Crippen MR) is 41.0 cm³/mol. The summed E-state index contributed by atoms with van der Waals surface area (Å²) in [7, 11) is 0. The molecule has 1 heterocycles. The molecule has 0 N–H and O–H groups in total. The van der Waals surface area contributed by atoms with E-state index in [0.29, 0.717) is 6.61 Å². The first-order valence-electron chi connectivity index (χ1n) is 3.35. The van der Waals surface area contributed by atoms with E-state index in [4.69, 9.17) is 4.74 Å². The molecule has 12 heavy (non-hydrogen) atoms. The van der Waals surface area contributed by atoms with E-state index in [-0.39, 0.29) is 38.8 Å². The quantitative estimate of drug-likeness (QED) is 0.625. The van der Waals surface area contributed by atoms with E-state index in [2.05, 4.69) is 6.08 Å². The van der Waals surface area contributed by atoms with Gasteiger partial charge in [0, 0.05) is 44.3 Å². The van der Waals surface area contributed by atoms with Crippen molar-refractivity contribution in [3.05, 3.63) is 35.9 Å². The van der Waals surface area contributed by atoms with Gasteiger partial charge in [-0.05, 0) is 12.1 Å². The second-order valence-electron chi connectivity index (χ2n) is 2.25. The van der Waals surface area contributed by atoms with Crippen molar-refractivity contribution in [1.82, 2.24) is 0 Å². The molecule has 0 aliphatic carbocycles.